The molecule has 1 aromatic heterocycles. The van der Waals surface area contributed by atoms with Gasteiger partial charge in [-0.1, -0.05) is 0 Å². The summed E-state index contributed by atoms with van der Waals surface area (Å²) >= 11 is 0. The molecule has 2 heterocycles. The van der Waals surface area contributed by atoms with Crippen LogP contribution in [0, 0.1) is 0 Å². The summed E-state index contributed by atoms with van der Waals surface area (Å²) in [6.07, 6.45) is 5.73. The van der Waals surface area contributed by atoms with E-state index in [2.05, 4.69) is 10.3 Å². The highest BCUT2D eigenvalue weighted by atomic mass is 16.2. The summed E-state index contributed by atoms with van der Waals surface area (Å²) in [5.41, 5.74) is 1.52. The Hall–Kier alpha value is -2.11. The van der Waals surface area contributed by atoms with E-state index in [1.54, 1.807) is 29.1 Å². The van der Waals surface area contributed by atoms with Crippen molar-refractivity contribution in [1.29, 1.82) is 0 Å². The van der Waals surface area contributed by atoms with Crippen LogP contribution in [0.15, 0.2) is 18.5 Å². The molecule has 0 atom stereocenters. The number of hydrogen-bond acceptors (Lipinski definition) is 4. The smallest absolute Gasteiger partial charge is 0.255 e. The number of carbonyl (C=O) groups is 2. The van der Waals surface area contributed by atoms with Gasteiger partial charge in [-0.2, -0.15) is 0 Å². The lowest BCUT2D eigenvalue weighted by molar-refractivity contribution is -0.130. The molecule has 6 heteroatoms. The summed E-state index contributed by atoms with van der Waals surface area (Å²) in [6.45, 7) is 3.94. The maximum absolute atomic E-state index is 12.5. The third-order valence-corrected chi connectivity index (χ3v) is 3.95. The third-order valence-electron chi connectivity index (χ3n) is 3.95. The molecule has 1 N–H and O–H groups in total. The lowest BCUT2D eigenvalue weighted by atomic mass is 10.2. The zero-order chi connectivity index (χ0) is 14.8. The zero-order valence-corrected chi connectivity index (χ0v) is 12.2. The van der Waals surface area contributed by atoms with Gasteiger partial charge in [-0.05, 0) is 18.9 Å². The Balaban J connectivity index is 1.63. The molecule has 0 radical (unpaired) electrons. The molecule has 2 fully saturated rings. The Morgan fingerprint density at radius 2 is 1.81 bits per heavy atom. The Labute approximate surface area is 124 Å². The van der Waals surface area contributed by atoms with E-state index in [0.29, 0.717) is 37.8 Å². The second-order valence-corrected chi connectivity index (χ2v) is 5.68. The highest BCUT2D eigenvalue weighted by Gasteiger charge is 2.24. The Morgan fingerprint density at radius 1 is 1.14 bits per heavy atom. The molecular weight excluding hydrogens is 268 g/mol. The molecule has 1 aromatic rings. The van der Waals surface area contributed by atoms with Crippen LogP contribution in [-0.4, -0.2) is 58.8 Å². The number of rotatable bonds is 3. The van der Waals surface area contributed by atoms with Crippen LogP contribution in [0.25, 0.3) is 0 Å². The van der Waals surface area contributed by atoms with Gasteiger partial charge in [0.2, 0.25) is 5.91 Å². The van der Waals surface area contributed by atoms with Crippen LogP contribution >= 0.6 is 0 Å². The summed E-state index contributed by atoms with van der Waals surface area (Å²) in [4.78, 5) is 31.5. The first kappa shape index (κ1) is 13.9. The van der Waals surface area contributed by atoms with Crippen LogP contribution in [0.2, 0.25) is 0 Å². The minimum Gasteiger partial charge on any atom is -0.381 e. The van der Waals surface area contributed by atoms with Crippen molar-refractivity contribution >= 4 is 17.5 Å². The first-order chi connectivity index (χ1) is 10.1. The van der Waals surface area contributed by atoms with Crippen LogP contribution in [0.1, 0.15) is 30.1 Å². The van der Waals surface area contributed by atoms with Gasteiger partial charge in [0.25, 0.3) is 5.91 Å². The van der Waals surface area contributed by atoms with E-state index in [4.69, 9.17) is 0 Å². The van der Waals surface area contributed by atoms with Gasteiger partial charge in [0, 0.05) is 51.5 Å². The summed E-state index contributed by atoms with van der Waals surface area (Å²) in [5, 5.41) is 3.35. The molecule has 0 spiro atoms. The molecule has 2 amide bonds. The number of piperazine rings is 1. The van der Waals surface area contributed by atoms with Gasteiger partial charge < -0.3 is 15.1 Å². The van der Waals surface area contributed by atoms with Crippen molar-refractivity contribution in [2.75, 3.05) is 31.5 Å². The molecule has 21 heavy (non-hydrogen) atoms. The number of hydrogen-bond donors (Lipinski definition) is 1. The Morgan fingerprint density at radius 3 is 2.43 bits per heavy atom. The van der Waals surface area contributed by atoms with Crippen LogP contribution < -0.4 is 5.32 Å². The van der Waals surface area contributed by atoms with Gasteiger partial charge in [-0.15, -0.1) is 0 Å². The van der Waals surface area contributed by atoms with Gasteiger partial charge in [0.1, 0.15) is 0 Å². The maximum atomic E-state index is 12.5. The van der Waals surface area contributed by atoms with E-state index in [9.17, 15) is 9.59 Å². The van der Waals surface area contributed by atoms with Crippen molar-refractivity contribution in [1.82, 2.24) is 14.8 Å². The van der Waals surface area contributed by atoms with Gasteiger partial charge in [-0.25, -0.2) is 0 Å². The fourth-order valence-corrected chi connectivity index (χ4v) is 2.51. The lowest BCUT2D eigenvalue weighted by Crippen LogP contribution is -2.50. The van der Waals surface area contributed by atoms with Crippen molar-refractivity contribution < 1.29 is 9.59 Å². The quantitative estimate of drug-likeness (QED) is 0.899. The molecule has 1 aliphatic heterocycles. The third kappa shape index (κ3) is 3.32. The summed E-state index contributed by atoms with van der Waals surface area (Å²) < 4.78 is 0. The number of aromatic nitrogens is 1. The average Bonchev–Trinajstić information content (AvgIpc) is 3.31. The Bertz CT molecular complexity index is 548. The maximum Gasteiger partial charge on any atom is 0.255 e. The molecule has 3 rings (SSSR count). The number of nitrogens with zero attached hydrogens (tertiary/aromatic N) is 3. The molecule has 0 bridgehead atoms. The summed E-state index contributed by atoms with van der Waals surface area (Å²) in [5.74, 6) is 0.0598. The Kier molecular flexibility index (Phi) is 3.77. The van der Waals surface area contributed by atoms with Crippen molar-refractivity contribution in [2.24, 2.45) is 0 Å². The van der Waals surface area contributed by atoms with Crippen molar-refractivity contribution in [3.63, 3.8) is 0 Å². The van der Waals surface area contributed by atoms with E-state index in [-0.39, 0.29) is 11.8 Å². The molecule has 1 saturated heterocycles. The van der Waals surface area contributed by atoms with Gasteiger partial charge in [0.05, 0.1) is 11.3 Å². The largest absolute Gasteiger partial charge is 0.381 e. The lowest BCUT2D eigenvalue weighted by Gasteiger charge is -2.34. The van der Waals surface area contributed by atoms with E-state index in [1.165, 1.54) is 12.8 Å². The molecule has 0 unspecified atom stereocenters. The zero-order valence-electron chi connectivity index (χ0n) is 12.2. The van der Waals surface area contributed by atoms with E-state index >= 15 is 0 Å². The van der Waals surface area contributed by atoms with Gasteiger partial charge in [0.15, 0.2) is 0 Å². The van der Waals surface area contributed by atoms with E-state index in [1.807, 2.05) is 6.07 Å². The number of nitrogens with one attached hydrogen (secondary N) is 1. The van der Waals surface area contributed by atoms with Crippen molar-refractivity contribution in [3.8, 4) is 0 Å². The van der Waals surface area contributed by atoms with E-state index < -0.39 is 0 Å². The van der Waals surface area contributed by atoms with Gasteiger partial charge in [-0.3, -0.25) is 14.6 Å². The predicted molar refractivity (Wildman–Crippen MR) is 79.0 cm³/mol. The number of anilines is 1. The predicted octanol–water partition coefficient (Wildman–Crippen LogP) is 0.960. The molecule has 2 aliphatic rings. The fraction of sp³-hybridized carbons (Fsp3) is 0.533. The SMILES string of the molecule is CC(=O)N1CCN(C(=O)c2cncc(NC3CC3)c2)CC1. The number of carbonyl (C=O) groups excluding carboxylic acids is 2. The second kappa shape index (κ2) is 5.71. The normalized spacial score (nSPS) is 18.5. The van der Waals surface area contributed by atoms with Crippen LogP contribution in [-0.2, 0) is 4.79 Å². The number of amides is 2. The van der Waals surface area contributed by atoms with Gasteiger partial charge >= 0.3 is 0 Å². The molecular formula is C15H20N4O2. The monoisotopic (exact) mass is 288 g/mol. The topological polar surface area (TPSA) is 65.5 Å². The minimum atomic E-state index is -0.00912. The van der Waals surface area contributed by atoms with Crippen molar-refractivity contribution in [3.05, 3.63) is 24.0 Å². The van der Waals surface area contributed by atoms with E-state index in [0.717, 1.165) is 5.69 Å². The number of pyridine rings is 1. The minimum absolute atomic E-state index is 0.00912. The standard InChI is InChI=1S/C15H20N4O2/c1-11(20)18-4-6-19(7-5-18)15(21)12-8-14(10-16-9-12)17-13-2-3-13/h8-10,13,17H,2-7H2,1H3. The van der Waals surface area contributed by atoms with Crippen LogP contribution in [0.5, 0.6) is 0 Å². The van der Waals surface area contributed by atoms with Crippen LogP contribution in [0.3, 0.4) is 0 Å². The molecule has 1 aliphatic carbocycles. The molecule has 1 saturated carbocycles. The van der Waals surface area contributed by atoms with Crippen molar-refractivity contribution in [2.45, 2.75) is 25.8 Å². The fourth-order valence-electron chi connectivity index (χ4n) is 2.51. The first-order valence-electron chi connectivity index (χ1n) is 7.40. The highest BCUT2D eigenvalue weighted by molar-refractivity contribution is 5.95. The summed E-state index contributed by atoms with van der Waals surface area (Å²) in [6, 6.07) is 2.40. The first-order valence-corrected chi connectivity index (χ1v) is 7.40. The van der Waals surface area contributed by atoms with Crippen LogP contribution in [0.4, 0.5) is 5.69 Å². The molecule has 112 valence electrons. The summed E-state index contributed by atoms with van der Waals surface area (Å²) in [7, 11) is 0. The molecule has 6 nitrogen and oxygen atoms in total. The highest BCUT2D eigenvalue weighted by Crippen LogP contribution is 2.24. The second-order valence-electron chi connectivity index (χ2n) is 5.68. The average molecular weight is 288 g/mol. The molecule has 0 aromatic carbocycles.